The van der Waals surface area contributed by atoms with Crippen molar-refractivity contribution in [3.63, 3.8) is 0 Å². The lowest BCUT2D eigenvalue weighted by atomic mass is 10.1. The minimum absolute atomic E-state index is 0.202. The van der Waals surface area contributed by atoms with E-state index in [4.69, 9.17) is 4.74 Å². The molecule has 0 radical (unpaired) electrons. The van der Waals surface area contributed by atoms with E-state index in [-0.39, 0.29) is 29.4 Å². The van der Waals surface area contributed by atoms with Gasteiger partial charge in [0.15, 0.2) is 11.6 Å². The molecule has 4 heteroatoms. The largest absolute Gasteiger partial charge is 0.494 e. The van der Waals surface area contributed by atoms with Crippen molar-refractivity contribution in [2.24, 2.45) is 5.92 Å². The van der Waals surface area contributed by atoms with Gasteiger partial charge in [-0.1, -0.05) is 6.07 Å². The number of methoxy groups -OCH3 is 2. The first kappa shape index (κ1) is 11.9. The van der Waals surface area contributed by atoms with Crippen molar-refractivity contribution in [3.05, 3.63) is 29.6 Å². The number of carbonyl (C=O) groups is 1. The summed E-state index contributed by atoms with van der Waals surface area (Å²) in [5.74, 6) is 0.254. The second-order valence-electron chi connectivity index (χ2n) is 4.28. The molecule has 0 heterocycles. The van der Waals surface area contributed by atoms with Crippen molar-refractivity contribution in [1.29, 1.82) is 0 Å². The number of ether oxygens (including phenoxy) is 2. The van der Waals surface area contributed by atoms with E-state index in [1.807, 2.05) is 6.07 Å². The quantitative estimate of drug-likeness (QED) is 0.756. The first-order valence-corrected chi connectivity index (χ1v) is 5.56. The van der Waals surface area contributed by atoms with Gasteiger partial charge in [0.05, 0.1) is 14.2 Å². The number of hydrogen-bond acceptors (Lipinski definition) is 3. The van der Waals surface area contributed by atoms with Crippen molar-refractivity contribution in [1.82, 2.24) is 0 Å². The lowest BCUT2D eigenvalue weighted by Crippen LogP contribution is -2.01. The molecule has 0 amide bonds. The van der Waals surface area contributed by atoms with Crippen LogP contribution in [0.5, 0.6) is 5.75 Å². The second kappa shape index (κ2) is 4.73. The van der Waals surface area contributed by atoms with Crippen LogP contribution in [0.2, 0.25) is 0 Å². The first-order valence-electron chi connectivity index (χ1n) is 5.56. The van der Waals surface area contributed by atoms with Crippen LogP contribution >= 0.6 is 0 Å². The molecule has 1 aliphatic carbocycles. The Labute approximate surface area is 99.5 Å². The Bertz CT molecular complexity index is 431. The molecule has 0 bridgehead atoms. The van der Waals surface area contributed by atoms with Gasteiger partial charge in [0.1, 0.15) is 0 Å². The molecule has 0 spiro atoms. The maximum Gasteiger partial charge on any atom is 0.305 e. The van der Waals surface area contributed by atoms with E-state index in [1.54, 1.807) is 6.07 Å². The number of halogens is 1. The fraction of sp³-hybridized carbons (Fsp3) is 0.462. The van der Waals surface area contributed by atoms with E-state index >= 15 is 0 Å². The van der Waals surface area contributed by atoms with E-state index in [2.05, 4.69) is 4.74 Å². The number of hydrogen-bond donors (Lipinski definition) is 0. The van der Waals surface area contributed by atoms with Gasteiger partial charge < -0.3 is 9.47 Å². The van der Waals surface area contributed by atoms with Crippen molar-refractivity contribution < 1.29 is 18.7 Å². The fourth-order valence-electron chi connectivity index (χ4n) is 2.09. The molecule has 0 aliphatic heterocycles. The normalized spacial score (nSPS) is 22.1. The minimum Gasteiger partial charge on any atom is -0.494 e. The van der Waals surface area contributed by atoms with Crippen molar-refractivity contribution >= 4 is 5.97 Å². The average molecular weight is 238 g/mol. The average Bonchev–Trinajstić information content (AvgIpc) is 3.08. The monoisotopic (exact) mass is 238 g/mol. The van der Waals surface area contributed by atoms with Gasteiger partial charge in [-0.2, -0.15) is 0 Å². The summed E-state index contributed by atoms with van der Waals surface area (Å²) in [5.41, 5.74) is 0.928. The third kappa shape index (κ3) is 2.57. The molecule has 17 heavy (non-hydrogen) atoms. The summed E-state index contributed by atoms with van der Waals surface area (Å²) in [5, 5.41) is 0. The van der Waals surface area contributed by atoms with Crippen molar-refractivity contribution in [3.8, 4) is 5.75 Å². The van der Waals surface area contributed by atoms with Crippen LogP contribution in [0.4, 0.5) is 4.39 Å². The summed E-state index contributed by atoms with van der Waals surface area (Å²) in [7, 11) is 2.82. The Morgan fingerprint density at radius 2 is 2.24 bits per heavy atom. The molecule has 1 aliphatic rings. The molecular weight excluding hydrogens is 223 g/mol. The second-order valence-corrected chi connectivity index (χ2v) is 4.28. The van der Waals surface area contributed by atoms with Crippen LogP contribution in [0.1, 0.15) is 24.3 Å². The maximum atomic E-state index is 13.5. The predicted molar refractivity (Wildman–Crippen MR) is 60.4 cm³/mol. The first-order chi connectivity index (χ1) is 8.15. The Balaban J connectivity index is 2.01. The van der Waals surface area contributed by atoms with Gasteiger partial charge in [0, 0.05) is 6.42 Å². The SMILES string of the molecule is COC(=O)CC1CC1c1ccc(OC)c(F)c1. The smallest absolute Gasteiger partial charge is 0.305 e. The van der Waals surface area contributed by atoms with Gasteiger partial charge >= 0.3 is 5.97 Å². The molecule has 1 fully saturated rings. The molecule has 0 saturated heterocycles. The fourth-order valence-corrected chi connectivity index (χ4v) is 2.09. The van der Waals surface area contributed by atoms with E-state index in [0.29, 0.717) is 6.42 Å². The molecule has 0 aromatic heterocycles. The molecule has 3 nitrogen and oxygen atoms in total. The van der Waals surface area contributed by atoms with Gasteiger partial charge in [-0.3, -0.25) is 4.79 Å². The molecule has 1 saturated carbocycles. The van der Waals surface area contributed by atoms with Crippen LogP contribution in [0.25, 0.3) is 0 Å². The third-order valence-corrected chi connectivity index (χ3v) is 3.18. The highest BCUT2D eigenvalue weighted by molar-refractivity contribution is 5.70. The molecule has 0 N–H and O–H groups in total. The van der Waals surface area contributed by atoms with Gasteiger partial charge in [-0.25, -0.2) is 4.39 Å². The molecule has 92 valence electrons. The highest BCUT2D eigenvalue weighted by atomic mass is 19.1. The van der Waals surface area contributed by atoms with Crippen molar-refractivity contribution in [2.45, 2.75) is 18.8 Å². The summed E-state index contributed by atoms with van der Waals surface area (Å²) >= 11 is 0. The van der Waals surface area contributed by atoms with Crippen LogP contribution in [0.3, 0.4) is 0 Å². The number of benzene rings is 1. The highest BCUT2D eigenvalue weighted by Gasteiger charge is 2.40. The van der Waals surface area contributed by atoms with Crippen LogP contribution in [0, 0.1) is 11.7 Å². The highest BCUT2D eigenvalue weighted by Crippen LogP contribution is 2.50. The van der Waals surface area contributed by atoms with Crippen LogP contribution < -0.4 is 4.74 Å². The molecule has 2 unspecified atom stereocenters. The number of rotatable bonds is 4. The van der Waals surface area contributed by atoms with Crippen molar-refractivity contribution in [2.75, 3.05) is 14.2 Å². The summed E-state index contributed by atoms with van der Waals surface area (Å²) in [4.78, 5) is 11.1. The summed E-state index contributed by atoms with van der Waals surface area (Å²) in [6, 6.07) is 4.96. The zero-order valence-corrected chi connectivity index (χ0v) is 9.90. The van der Waals surface area contributed by atoms with E-state index in [9.17, 15) is 9.18 Å². The van der Waals surface area contributed by atoms with E-state index in [0.717, 1.165) is 12.0 Å². The minimum atomic E-state index is -0.353. The Morgan fingerprint density at radius 1 is 1.47 bits per heavy atom. The van der Waals surface area contributed by atoms with Gasteiger partial charge in [0.2, 0.25) is 0 Å². The van der Waals surface area contributed by atoms with Gasteiger partial charge in [0.25, 0.3) is 0 Å². The Hall–Kier alpha value is -1.58. The number of carbonyl (C=O) groups excluding carboxylic acids is 1. The zero-order chi connectivity index (χ0) is 12.4. The molecular formula is C13H15FO3. The van der Waals surface area contributed by atoms with Gasteiger partial charge in [-0.05, 0) is 36.0 Å². The lowest BCUT2D eigenvalue weighted by Gasteiger charge is -2.04. The van der Waals surface area contributed by atoms with Gasteiger partial charge in [-0.15, -0.1) is 0 Å². The topological polar surface area (TPSA) is 35.5 Å². The van der Waals surface area contributed by atoms with Crippen LogP contribution in [-0.4, -0.2) is 20.2 Å². The lowest BCUT2D eigenvalue weighted by molar-refractivity contribution is -0.141. The molecule has 2 atom stereocenters. The molecule has 1 aromatic rings. The Morgan fingerprint density at radius 3 is 2.82 bits per heavy atom. The maximum absolute atomic E-state index is 13.5. The molecule has 1 aromatic carbocycles. The predicted octanol–water partition coefficient (Wildman–Crippen LogP) is 2.50. The van der Waals surface area contributed by atoms with E-state index in [1.165, 1.54) is 20.3 Å². The summed E-state index contributed by atoms with van der Waals surface area (Å²) in [6.45, 7) is 0. The zero-order valence-electron chi connectivity index (χ0n) is 9.90. The third-order valence-electron chi connectivity index (χ3n) is 3.18. The standard InChI is InChI=1S/C13H15FO3/c1-16-12-4-3-8(6-11(12)14)10-5-9(10)7-13(15)17-2/h3-4,6,9-10H,5,7H2,1-2H3. The molecule has 2 rings (SSSR count). The summed E-state index contributed by atoms with van der Waals surface area (Å²) < 4.78 is 22.9. The summed E-state index contributed by atoms with van der Waals surface area (Å²) in [6.07, 6.45) is 1.33. The van der Waals surface area contributed by atoms with E-state index < -0.39 is 0 Å². The number of esters is 1. The van der Waals surface area contributed by atoms with Crippen LogP contribution in [0.15, 0.2) is 18.2 Å². The Kier molecular flexibility index (Phi) is 3.31. The van der Waals surface area contributed by atoms with Crippen LogP contribution in [-0.2, 0) is 9.53 Å².